The summed E-state index contributed by atoms with van der Waals surface area (Å²) in [5.41, 5.74) is 2.76. The molecule has 0 saturated carbocycles. The van der Waals surface area contributed by atoms with Crippen molar-refractivity contribution in [2.75, 3.05) is 7.11 Å². The van der Waals surface area contributed by atoms with Gasteiger partial charge < -0.3 is 17.0 Å². The molecule has 20 heavy (non-hydrogen) atoms. The number of methoxy groups -OCH3 is 1. The van der Waals surface area contributed by atoms with Crippen molar-refractivity contribution in [3.05, 3.63) is 65.7 Å². The van der Waals surface area contributed by atoms with Crippen molar-refractivity contribution in [2.45, 2.75) is 23.3 Å². The maximum Gasteiger partial charge on any atom is -1.00 e. The SMILES string of the molecule is COc1ccccc1C([CH2][Mg+])CCc1ccccc1.[Br-]. The normalized spacial score (nSPS) is 11.6. The van der Waals surface area contributed by atoms with E-state index >= 15 is 0 Å². The van der Waals surface area contributed by atoms with Crippen molar-refractivity contribution >= 4 is 21.7 Å². The average molecular weight is 344 g/mol. The maximum absolute atomic E-state index is 5.48. The van der Waals surface area contributed by atoms with E-state index in [1.807, 2.05) is 27.8 Å². The van der Waals surface area contributed by atoms with E-state index in [-0.39, 0.29) is 17.0 Å². The standard InChI is InChI=1S/C17H19O.BrH.Mg/c1-14(12-13-15-8-4-3-5-9-15)16-10-6-7-11-17(16)18-2;;/h3-11,14H,1,12-13H2,2H3;1H;/q;;+1/p-1. The molecule has 102 valence electrons. The fourth-order valence-corrected chi connectivity index (χ4v) is 3.04. The predicted molar refractivity (Wildman–Crippen MR) is 81.1 cm³/mol. The molecule has 0 spiro atoms. The molecule has 0 bridgehead atoms. The number of halogens is 1. The summed E-state index contributed by atoms with van der Waals surface area (Å²) in [7, 11) is 1.75. The van der Waals surface area contributed by atoms with Crippen molar-refractivity contribution in [3.63, 3.8) is 0 Å². The van der Waals surface area contributed by atoms with Crippen LogP contribution in [0.15, 0.2) is 54.6 Å². The molecular weight excluding hydrogens is 324 g/mol. The molecule has 1 unspecified atom stereocenters. The Kier molecular flexibility index (Phi) is 8.27. The van der Waals surface area contributed by atoms with Crippen LogP contribution in [-0.4, -0.2) is 28.8 Å². The van der Waals surface area contributed by atoms with Gasteiger partial charge in [0.1, 0.15) is 0 Å². The second-order valence-corrected chi connectivity index (χ2v) is 5.33. The first kappa shape index (κ1) is 17.5. The van der Waals surface area contributed by atoms with E-state index < -0.39 is 0 Å². The Bertz CT molecular complexity index is 501. The van der Waals surface area contributed by atoms with Gasteiger partial charge in [-0.3, -0.25) is 0 Å². The number of benzene rings is 2. The minimum Gasteiger partial charge on any atom is -1.00 e. The number of aryl methyl sites for hydroxylation is 1. The van der Waals surface area contributed by atoms with Gasteiger partial charge in [0.25, 0.3) is 0 Å². The second-order valence-electron chi connectivity index (χ2n) is 4.75. The molecule has 0 aliphatic rings. The average Bonchev–Trinajstić information content (AvgIpc) is 2.49. The molecule has 3 heteroatoms. The van der Waals surface area contributed by atoms with Gasteiger partial charge in [0.2, 0.25) is 0 Å². The zero-order valence-electron chi connectivity index (χ0n) is 11.9. The maximum atomic E-state index is 5.48. The first-order valence-corrected chi connectivity index (χ1v) is 7.81. The fourth-order valence-electron chi connectivity index (χ4n) is 2.44. The van der Waals surface area contributed by atoms with Crippen LogP contribution in [-0.2, 0) is 6.42 Å². The van der Waals surface area contributed by atoms with Crippen molar-refractivity contribution in [2.24, 2.45) is 0 Å². The fraction of sp³-hybridized carbons (Fsp3) is 0.294. The van der Waals surface area contributed by atoms with E-state index in [1.54, 1.807) is 7.11 Å². The Morgan fingerprint density at radius 3 is 2.30 bits per heavy atom. The molecule has 2 aromatic rings. The molecule has 0 saturated heterocycles. The largest absolute Gasteiger partial charge is 1.00 e. The van der Waals surface area contributed by atoms with E-state index in [1.165, 1.54) is 22.1 Å². The minimum absolute atomic E-state index is 0. The van der Waals surface area contributed by atoms with Gasteiger partial charge in [-0.15, -0.1) is 0 Å². The Balaban J connectivity index is 0.00000200. The van der Waals surface area contributed by atoms with Gasteiger partial charge in [0.15, 0.2) is 0 Å². The van der Waals surface area contributed by atoms with Crippen LogP contribution in [0.5, 0.6) is 5.75 Å². The van der Waals surface area contributed by atoms with Gasteiger partial charge in [-0.25, -0.2) is 0 Å². The summed E-state index contributed by atoms with van der Waals surface area (Å²) in [6, 6.07) is 19.1. The van der Waals surface area contributed by atoms with E-state index in [2.05, 4.69) is 48.5 Å². The minimum atomic E-state index is 0. The summed E-state index contributed by atoms with van der Waals surface area (Å²) in [4.78, 5) is 0. The van der Waals surface area contributed by atoms with E-state index in [4.69, 9.17) is 4.74 Å². The van der Waals surface area contributed by atoms with Gasteiger partial charge in [-0.1, -0.05) is 0 Å². The molecule has 0 aliphatic carbocycles. The van der Waals surface area contributed by atoms with Gasteiger partial charge >= 0.3 is 128 Å². The van der Waals surface area contributed by atoms with E-state index in [9.17, 15) is 0 Å². The van der Waals surface area contributed by atoms with E-state index in [0.717, 1.165) is 12.2 Å². The van der Waals surface area contributed by atoms with Crippen molar-refractivity contribution in [3.8, 4) is 5.75 Å². The first-order chi connectivity index (χ1) is 9.35. The molecule has 1 nitrogen and oxygen atoms in total. The molecule has 0 amide bonds. The Morgan fingerprint density at radius 1 is 1.00 bits per heavy atom. The van der Waals surface area contributed by atoms with Crippen molar-refractivity contribution in [1.29, 1.82) is 0 Å². The summed E-state index contributed by atoms with van der Waals surface area (Å²) < 4.78 is 6.66. The van der Waals surface area contributed by atoms with Gasteiger partial charge in [-0.2, -0.15) is 0 Å². The molecular formula is C17H19BrMgO. The zero-order valence-corrected chi connectivity index (χ0v) is 14.9. The Morgan fingerprint density at radius 2 is 1.65 bits per heavy atom. The van der Waals surface area contributed by atoms with Gasteiger partial charge in [-0.05, 0) is 0 Å². The third-order valence-electron chi connectivity index (χ3n) is 3.55. The summed E-state index contributed by atoms with van der Waals surface area (Å²) in [5, 5.41) is 0. The van der Waals surface area contributed by atoms with E-state index in [0.29, 0.717) is 5.92 Å². The quantitative estimate of drug-likeness (QED) is 0.711. The molecule has 1 atom stereocenters. The molecule has 0 radical (unpaired) electrons. The topological polar surface area (TPSA) is 9.23 Å². The molecule has 0 N–H and O–H groups in total. The van der Waals surface area contributed by atoms with Crippen LogP contribution in [0.3, 0.4) is 0 Å². The van der Waals surface area contributed by atoms with Crippen molar-refractivity contribution < 1.29 is 21.7 Å². The van der Waals surface area contributed by atoms with Gasteiger partial charge in [0, 0.05) is 0 Å². The molecule has 0 fully saturated rings. The predicted octanol–water partition coefficient (Wildman–Crippen LogP) is 1.00. The number of para-hydroxylation sites is 1. The van der Waals surface area contributed by atoms with Gasteiger partial charge in [0.05, 0.1) is 0 Å². The summed E-state index contributed by atoms with van der Waals surface area (Å²) in [5.74, 6) is 1.60. The number of ether oxygens (including phenoxy) is 1. The van der Waals surface area contributed by atoms with Crippen LogP contribution >= 0.6 is 0 Å². The second kappa shape index (κ2) is 9.43. The smallest absolute Gasteiger partial charge is 1.00 e. The molecule has 2 aromatic carbocycles. The van der Waals surface area contributed by atoms with Crippen LogP contribution in [0, 0.1) is 0 Å². The van der Waals surface area contributed by atoms with Crippen LogP contribution in [0.2, 0.25) is 4.55 Å². The van der Waals surface area contributed by atoms with Crippen LogP contribution in [0.1, 0.15) is 23.5 Å². The Hall–Kier alpha value is -0.514. The Labute approximate surface area is 144 Å². The monoisotopic (exact) mass is 342 g/mol. The third-order valence-corrected chi connectivity index (χ3v) is 4.25. The number of hydrogen-bond acceptors (Lipinski definition) is 1. The first-order valence-electron chi connectivity index (χ1n) is 6.81. The van der Waals surface area contributed by atoms with Crippen LogP contribution < -0.4 is 21.7 Å². The van der Waals surface area contributed by atoms with Crippen molar-refractivity contribution in [1.82, 2.24) is 0 Å². The zero-order chi connectivity index (χ0) is 13.5. The molecule has 0 aliphatic heterocycles. The number of rotatable bonds is 6. The molecule has 2 rings (SSSR count). The third kappa shape index (κ3) is 4.79. The van der Waals surface area contributed by atoms with Crippen LogP contribution in [0.25, 0.3) is 0 Å². The molecule has 0 heterocycles. The molecule has 0 aromatic heterocycles. The summed E-state index contributed by atoms with van der Waals surface area (Å²) >= 11 is 2.05. The number of hydrogen-bond donors (Lipinski definition) is 0. The summed E-state index contributed by atoms with van der Waals surface area (Å²) in [6.45, 7) is 0. The van der Waals surface area contributed by atoms with Crippen LogP contribution in [0.4, 0.5) is 0 Å². The summed E-state index contributed by atoms with van der Waals surface area (Å²) in [6.07, 6.45) is 2.30.